The van der Waals surface area contributed by atoms with Crippen LogP contribution in [-0.2, 0) is 11.2 Å². The molecule has 0 saturated carbocycles. The normalized spacial score (nSPS) is 14.9. The first-order valence-corrected chi connectivity index (χ1v) is 8.67. The first-order valence-electron chi connectivity index (χ1n) is 8.67. The van der Waals surface area contributed by atoms with E-state index in [-0.39, 0.29) is 40.4 Å². The Balaban J connectivity index is 1.94. The summed E-state index contributed by atoms with van der Waals surface area (Å²) in [7, 11) is 0. The van der Waals surface area contributed by atoms with Crippen molar-refractivity contribution in [2.45, 2.75) is 12.8 Å². The Morgan fingerprint density at radius 1 is 1.19 bits per heavy atom. The van der Waals surface area contributed by atoms with Gasteiger partial charge in [0.2, 0.25) is 0 Å². The molecule has 0 aromatic heterocycles. The second kappa shape index (κ2) is 6.39. The topological polar surface area (TPSA) is 83.9 Å². The minimum Gasteiger partial charge on any atom is -0.507 e. The molecule has 0 radical (unpaired) electrons. The Labute approximate surface area is 155 Å². The maximum atomic E-state index is 13.2. The number of rotatable bonds is 2. The number of ether oxygens (including phenoxy) is 1. The highest BCUT2D eigenvalue weighted by molar-refractivity contribution is 6.31. The number of fused-ring (bicyclic) bond motifs is 4. The molecule has 1 aliphatic heterocycles. The molecule has 6 heteroatoms. The Hall–Kier alpha value is -3.41. The minimum atomic E-state index is -0.608. The van der Waals surface area contributed by atoms with Crippen LogP contribution in [0, 0.1) is 0 Å². The van der Waals surface area contributed by atoms with Gasteiger partial charge in [-0.15, -0.1) is 0 Å². The molecule has 2 aliphatic rings. The van der Waals surface area contributed by atoms with Crippen LogP contribution in [-0.4, -0.2) is 35.9 Å². The quantitative estimate of drug-likeness (QED) is 0.707. The average Bonchev–Trinajstić information content (AvgIpc) is 2.68. The zero-order valence-electron chi connectivity index (χ0n) is 14.5. The van der Waals surface area contributed by atoms with Crippen LogP contribution < -0.4 is 4.90 Å². The number of carbonyl (C=O) groups is 3. The predicted octanol–water partition coefficient (Wildman–Crippen LogP) is 3.24. The lowest BCUT2D eigenvalue weighted by Crippen LogP contribution is -2.38. The first kappa shape index (κ1) is 17.0. The third-order valence-electron chi connectivity index (χ3n) is 4.87. The minimum absolute atomic E-state index is 0.0423. The number of nitrogens with zero attached hydrogens (tertiary/aromatic N) is 1. The zero-order chi connectivity index (χ0) is 19.1. The molecular weight excluding hydrogens is 346 g/mol. The molecule has 6 nitrogen and oxygen atoms in total. The Bertz CT molecular complexity index is 1010. The highest BCUT2D eigenvalue weighted by Crippen LogP contribution is 2.43. The van der Waals surface area contributed by atoms with Gasteiger partial charge in [0.05, 0.1) is 16.8 Å². The van der Waals surface area contributed by atoms with Crippen molar-refractivity contribution in [3.8, 4) is 5.75 Å². The Morgan fingerprint density at radius 2 is 1.85 bits per heavy atom. The summed E-state index contributed by atoms with van der Waals surface area (Å²) < 4.78 is 5.15. The molecule has 136 valence electrons. The number of phenolic OH excluding ortho intramolecular Hbond substituents is 1. The van der Waals surface area contributed by atoms with Gasteiger partial charge in [0.25, 0.3) is 0 Å². The van der Waals surface area contributed by atoms with E-state index in [4.69, 9.17) is 4.74 Å². The van der Waals surface area contributed by atoms with Crippen LogP contribution in [0.5, 0.6) is 5.75 Å². The number of carbonyl (C=O) groups excluding carboxylic acids is 3. The standard InChI is InChI=1S/C21H17NO5/c1-2-10-27-21(26)22-9-5-6-12-11-15(23)16-17(18(12)22)20(25)14-8-4-3-7-13(14)19(16)24/h2-4,7-8,11,23H,1,5-6,9-10H2. The van der Waals surface area contributed by atoms with Crippen molar-refractivity contribution >= 4 is 23.3 Å². The van der Waals surface area contributed by atoms with Gasteiger partial charge in [-0.1, -0.05) is 36.9 Å². The van der Waals surface area contributed by atoms with Crippen LogP contribution in [0.15, 0.2) is 43.0 Å². The molecule has 0 unspecified atom stereocenters. The third kappa shape index (κ3) is 2.52. The van der Waals surface area contributed by atoms with Crippen molar-refractivity contribution in [2.75, 3.05) is 18.1 Å². The molecule has 0 saturated heterocycles. The number of hydrogen-bond acceptors (Lipinski definition) is 5. The molecular formula is C21H17NO5. The maximum Gasteiger partial charge on any atom is 0.414 e. The number of ketones is 2. The predicted molar refractivity (Wildman–Crippen MR) is 98.6 cm³/mol. The highest BCUT2D eigenvalue weighted by atomic mass is 16.6. The van der Waals surface area contributed by atoms with E-state index in [1.165, 1.54) is 17.0 Å². The molecule has 0 spiro atoms. The van der Waals surface area contributed by atoms with E-state index in [9.17, 15) is 19.5 Å². The molecule has 0 atom stereocenters. The second-order valence-corrected chi connectivity index (χ2v) is 6.48. The molecule has 2 aromatic carbocycles. The van der Waals surface area contributed by atoms with Crippen molar-refractivity contribution in [1.29, 1.82) is 0 Å². The number of benzene rings is 2. The average molecular weight is 363 g/mol. The lowest BCUT2D eigenvalue weighted by molar-refractivity contribution is 0.0976. The molecule has 1 heterocycles. The molecule has 1 N–H and O–H groups in total. The Kier molecular flexibility index (Phi) is 4.03. The summed E-state index contributed by atoms with van der Waals surface area (Å²) >= 11 is 0. The first-order chi connectivity index (χ1) is 13.0. The van der Waals surface area contributed by atoms with Crippen LogP contribution in [0.3, 0.4) is 0 Å². The summed E-state index contributed by atoms with van der Waals surface area (Å²) in [6.45, 7) is 3.93. The van der Waals surface area contributed by atoms with Gasteiger partial charge in [0.1, 0.15) is 12.4 Å². The zero-order valence-corrected chi connectivity index (χ0v) is 14.5. The summed E-state index contributed by atoms with van der Waals surface area (Å²) in [4.78, 5) is 40.0. The summed E-state index contributed by atoms with van der Waals surface area (Å²) in [5.74, 6) is -1.04. The van der Waals surface area contributed by atoms with Crippen molar-refractivity contribution in [1.82, 2.24) is 0 Å². The fourth-order valence-electron chi connectivity index (χ4n) is 3.74. The molecule has 0 fully saturated rings. The lowest BCUT2D eigenvalue weighted by atomic mass is 9.80. The van der Waals surface area contributed by atoms with Gasteiger partial charge < -0.3 is 9.84 Å². The van der Waals surface area contributed by atoms with Crippen LogP contribution in [0.2, 0.25) is 0 Å². The van der Waals surface area contributed by atoms with E-state index in [1.807, 2.05) is 0 Å². The summed E-state index contributed by atoms with van der Waals surface area (Å²) in [6, 6.07) is 7.97. The van der Waals surface area contributed by atoms with E-state index in [2.05, 4.69) is 6.58 Å². The molecule has 27 heavy (non-hydrogen) atoms. The van der Waals surface area contributed by atoms with Crippen molar-refractivity contribution < 1.29 is 24.2 Å². The van der Waals surface area contributed by atoms with Gasteiger partial charge in [0, 0.05) is 17.7 Å². The molecule has 2 aromatic rings. The molecule has 1 aliphatic carbocycles. The summed E-state index contributed by atoms with van der Waals surface area (Å²) in [5, 5.41) is 10.5. The van der Waals surface area contributed by atoms with Crippen molar-refractivity contribution in [2.24, 2.45) is 0 Å². The van der Waals surface area contributed by atoms with Gasteiger partial charge in [-0.2, -0.15) is 0 Å². The molecule has 4 rings (SSSR count). The molecule has 1 amide bonds. The number of anilines is 1. The van der Waals surface area contributed by atoms with Crippen molar-refractivity contribution in [3.05, 3.63) is 70.8 Å². The number of aryl methyl sites for hydroxylation is 1. The SMILES string of the molecule is C=CCOC(=O)N1CCCc2cc(O)c3c(c21)C(=O)c1ccccc1C3=O. The fourth-order valence-corrected chi connectivity index (χ4v) is 3.74. The van der Waals surface area contributed by atoms with E-state index in [0.717, 1.165) is 0 Å². The van der Waals surface area contributed by atoms with Crippen LogP contribution in [0.1, 0.15) is 43.8 Å². The largest absolute Gasteiger partial charge is 0.507 e. The number of hydrogen-bond donors (Lipinski definition) is 1. The smallest absolute Gasteiger partial charge is 0.414 e. The number of amides is 1. The third-order valence-corrected chi connectivity index (χ3v) is 4.87. The van der Waals surface area contributed by atoms with E-state index in [0.29, 0.717) is 30.6 Å². The monoisotopic (exact) mass is 363 g/mol. The Morgan fingerprint density at radius 3 is 2.52 bits per heavy atom. The van der Waals surface area contributed by atoms with Crippen LogP contribution in [0.25, 0.3) is 0 Å². The van der Waals surface area contributed by atoms with Crippen LogP contribution >= 0.6 is 0 Å². The highest BCUT2D eigenvalue weighted by Gasteiger charge is 2.39. The van der Waals surface area contributed by atoms with Crippen molar-refractivity contribution in [3.63, 3.8) is 0 Å². The van der Waals surface area contributed by atoms with Gasteiger partial charge in [-0.25, -0.2) is 4.79 Å². The van der Waals surface area contributed by atoms with Gasteiger partial charge in [0.15, 0.2) is 11.6 Å². The van der Waals surface area contributed by atoms with E-state index in [1.54, 1.807) is 24.3 Å². The van der Waals surface area contributed by atoms with Gasteiger partial charge in [-0.05, 0) is 24.5 Å². The number of aromatic hydroxyl groups is 1. The fraction of sp³-hybridized carbons (Fsp3) is 0.190. The summed E-state index contributed by atoms with van der Waals surface area (Å²) in [6.07, 6.45) is 2.10. The molecule has 0 bridgehead atoms. The van der Waals surface area contributed by atoms with Crippen LogP contribution in [0.4, 0.5) is 10.5 Å². The van der Waals surface area contributed by atoms with Gasteiger partial charge in [-0.3, -0.25) is 14.5 Å². The number of phenols is 1. The van der Waals surface area contributed by atoms with Gasteiger partial charge >= 0.3 is 6.09 Å². The maximum absolute atomic E-state index is 13.2. The second-order valence-electron chi connectivity index (χ2n) is 6.48. The van der Waals surface area contributed by atoms with E-state index >= 15 is 0 Å². The summed E-state index contributed by atoms with van der Waals surface area (Å²) in [5.41, 5.74) is 1.55. The lowest BCUT2D eigenvalue weighted by Gasteiger charge is -2.33. The van der Waals surface area contributed by atoms with E-state index < -0.39 is 11.9 Å².